The zero-order chi connectivity index (χ0) is 16.7. The van der Waals surface area contributed by atoms with Crippen molar-refractivity contribution in [1.29, 1.82) is 0 Å². The number of hydrogen-bond acceptors (Lipinski definition) is 4. The van der Waals surface area contributed by atoms with Crippen LogP contribution in [-0.2, 0) is 20.7 Å². The molecule has 0 aromatic heterocycles. The number of carbonyl (C=O) groups excluding carboxylic acids is 1. The number of hydrogen-bond donors (Lipinski definition) is 1. The van der Waals surface area contributed by atoms with Gasteiger partial charge in [0.15, 0.2) is 0 Å². The first-order valence-electron chi connectivity index (χ1n) is 7.99. The quantitative estimate of drug-likeness (QED) is 0.769. The highest BCUT2D eigenvalue weighted by atomic mass is 19.1. The van der Waals surface area contributed by atoms with Crippen LogP contribution in [-0.4, -0.2) is 56.4 Å². The van der Waals surface area contributed by atoms with Gasteiger partial charge in [-0.2, -0.15) is 0 Å². The van der Waals surface area contributed by atoms with Gasteiger partial charge in [0.05, 0.1) is 25.4 Å². The van der Waals surface area contributed by atoms with Crippen molar-refractivity contribution in [3.8, 4) is 0 Å². The third kappa shape index (κ3) is 5.57. The van der Waals surface area contributed by atoms with Gasteiger partial charge in [-0.25, -0.2) is 4.39 Å². The summed E-state index contributed by atoms with van der Waals surface area (Å²) in [5, 5.41) is 0. The van der Waals surface area contributed by atoms with Crippen LogP contribution in [0, 0.1) is 5.82 Å². The molecule has 1 aliphatic rings. The van der Waals surface area contributed by atoms with Crippen LogP contribution in [0.3, 0.4) is 0 Å². The number of amides is 1. The fraction of sp³-hybridized carbons (Fsp3) is 0.588. The Hall–Kier alpha value is -1.50. The third-order valence-corrected chi connectivity index (χ3v) is 4.08. The fourth-order valence-electron chi connectivity index (χ4n) is 2.74. The van der Waals surface area contributed by atoms with E-state index in [1.165, 1.54) is 12.1 Å². The molecule has 23 heavy (non-hydrogen) atoms. The van der Waals surface area contributed by atoms with E-state index >= 15 is 0 Å². The van der Waals surface area contributed by atoms with Gasteiger partial charge in [-0.05, 0) is 37.0 Å². The van der Waals surface area contributed by atoms with Crippen LogP contribution >= 0.6 is 0 Å². The summed E-state index contributed by atoms with van der Waals surface area (Å²) in [6.07, 6.45) is 2.24. The van der Waals surface area contributed by atoms with Crippen molar-refractivity contribution >= 4 is 5.91 Å². The SMILES string of the molecule is COCCOC1CCN(C(=O)[C@@H](N)Cc2ccc(F)cc2)CC1. The molecule has 0 unspecified atom stereocenters. The molecule has 2 rings (SSSR count). The van der Waals surface area contributed by atoms with Gasteiger partial charge in [-0.15, -0.1) is 0 Å². The van der Waals surface area contributed by atoms with Crippen molar-refractivity contribution in [3.63, 3.8) is 0 Å². The number of ether oxygens (including phenoxy) is 2. The molecule has 1 fully saturated rings. The second-order valence-electron chi connectivity index (χ2n) is 5.83. The minimum Gasteiger partial charge on any atom is -0.382 e. The molecule has 0 aliphatic carbocycles. The third-order valence-electron chi connectivity index (χ3n) is 4.08. The average molecular weight is 324 g/mol. The first-order valence-corrected chi connectivity index (χ1v) is 7.99. The molecule has 0 spiro atoms. The maximum Gasteiger partial charge on any atom is 0.239 e. The molecular weight excluding hydrogens is 299 g/mol. The normalized spacial score (nSPS) is 17.3. The smallest absolute Gasteiger partial charge is 0.239 e. The van der Waals surface area contributed by atoms with Crippen LogP contribution < -0.4 is 5.73 Å². The number of nitrogens with two attached hydrogens (primary N) is 1. The van der Waals surface area contributed by atoms with E-state index in [0.29, 0.717) is 32.7 Å². The maximum absolute atomic E-state index is 12.9. The van der Waals surface area contributed by atoms with E-state index in [-0.39, 0.29) is 17.8 Å². The van der Waals surface area contributed by atoms with Gasteiger partial charge in [-0.1, -0.05) is 12.1 Å². The lowest BCUT2D eigenvalue weighted by Crippen LogP contribution is -2.49. The van der Waals surface area contributed by atoms with Gasteiger partial charge >= 0.3 is 0 Å². The van der Waals surface area contributed by atoms with Crippen molar-refractivity contribution in [3.05, 3.63) is 35.6 Å². The van der Waals surface area contributed by atoms with E-state index in [0.717, 1.165) is 18.4 Å². The molecule has 1 aromatic carbocycles. The Labute approximate surface area is 136 Å². The Morgan fingerprint density at radius 3 is 2.57 bits per heavy atom. The molecule has 1 aliphatic heterocycles. The first kappa shape index (κ1) is 17.8. The average Bonchev–Trinajstić information content (AvgIpc) is 2.57. The zero-order valence-electron chi connectivity index (χ0n) is 13.5. The number of benzene rings is 1. The van der Waals surface area contributed by atoms with Gasteiger partial charge < -0.3 is 20.1 Å². The number of carbonyl (C=O) groups is 1. The molecule has 6 heteroatoms. The van der Waals surface area contributed by atoms with Crippen molar-refractivity contribution in [2.45, 2.75) is 31.4 Å². The van der Waals surface area contributed by atoms with E-state index in [1.54, 1.807) is 24.1 Å². The summed E-state index contributed by atoms with van der Waals surface area (Å²) in [5.74, 6) is -0.339. The summed E-state index contributed by atoms with van der Waals surface area (Å²) >= 11 is 0. The lowest BCUT2D eigenvalue weighted by Gasteiger charge is -2.33. The van der Waals surface area contributed by atoms with Crippen molar-refractivity contribution in [1.82, 2.24) is 4.90 Å². The molecule has 2 N–H and O–H groups in total. The van der Waals surface area contributed by atoms with Crippen LogP contribution in [0.2, 0.25) is 0 Å². The molecule has 128 valence electrons. The van der Waals surface area contributed by atoms with E-state index in [9.17, 15) is 9.18 Å². The van der Waals surface area contributed by atoms with Crippen LogP contribution in [0.4, 0.5) is 4.39 Å². The Bertz CT molecular complexity index is 487. The lowest BCUT2D eigenvalue weighted by atomic mass is 10.0. The van der Waals surface area contributed by atoms with Gasteiger partial charge in [0, 0.05) is 20.2 Å². The summed E-state index contributed by atoms with van der Waals surface area (Å²) in [7, 11) is 1.65. The van der Waals surface area contributed by atoms with Crippen molar-refractivity contribution in [2.75, 3.05) is 33.4 Å². The summed E-state index contributed by atoms with van der Waals surface area (Å²) < 4.78 is 23.5. The molecule has 1 atom stereocenters. The standard InChI is InChI=1S/C17H25FN2O3/c1-22-10-11-23-15-6-8-20(9-7-15)17(21)16(19)12-13-2-4-14(18)5-3-13/h2-5,15-16H,6-12,19H2,1H3/t16-/m0/s1. The highest BCUT2D eigenvalue weighted by Crippen LogP contribution is 2.15. The van der Waals surface area contributed by atoms with Gasteiger partial charge in [0.25, 0.3) is 0 Å². The first-order chi connectivity index (χ1) is 11.1. The number of methoxy groups -OCH3 is 1. The highest BCUT2D eigenvalue weighted by molar-refractivity contribution is 5.82. The van der Waals surface area contributed by atoms with Crippen LogP contribution in [0.5, 0.6) is 0 Å². The van der Waals surface area contributed by atoms with E-state index in [4.69, 9.17) is 15.2 Å². The maximum atomic E-state index is 12.9. The van der Waals surface area contributed by atoms with Crippen molar-refractivity contribution < 1.29 is 18.7 Å². The zero-order valence-corrected chi connectivity index (χ0v) is 13.5. The van der Waals surface area contributed by atoms with E-state index in [1.807, 2.05) is 0 Å². The van der Waals surface area contributed by atoms with Crippen LogP contribution in [0.1, 0.15) is 18.4 Å². The van der Waals surface area contributed by atoms with Crippen LogP contribution in [0.15, 0.2) is 24.3 Å². The van der Waals surface area contributed by atoms with E-state index in [2.05, 4.69) is 0 Å². The fourth-order valence-corrected chi connectivity index (χ4v) is 2.74. The summed E-state index contributed by atoms with van der Waals surface area (Å²) in [6, 6.07) is 5.51. The molecule has 0 saturated carbocycles. The predicted molar refractivity (Wildman–Crippen MR) is 85.5 cm³/mol. The minimum absolute atomic E-state index is 0.0512. The summed E-state index contributed by atoms with van der Waals surface area (Å²) in [6.45, 7) is 2.49. The number of piperidine rings is 1. The predicted octanol–water partition coefficient (Wildman–Crippen LogP) is 1.35. The van der Waals surface area contributed by atoms with Gasteiger partial charge in [0.1, 0.15) is 5.82 Å². The number of rotatable bonds is 7. The van der Waals surface area contributed by atoms with Gasteiger partial charge in [0.2, 0.25) is 5.91 Å². The molecule has 0 bridgehead atoms. The Morgan fingerprint density at radius 2 is 1.96 bits per heavy atom. The summed E-state index contributed by atoms with van der Waals surface area (Å²) in [5.41, 5.74) is 6.88. The second kappa shape index (κ2) is 8.96. The number of halogens is 1. The number of likely N-dealkylation sites (tertiary alicyclic amines) is 1. The molecule has 1 heterocycles. The molecule has 1 amide bonds. The molecule has 1 saturated heterocycles. The second-order valence-corrected chi connectivity index (χ2v) is 5.83. The lowest BCUT2D eigenvalue weighted by molar-refractivity contribution is -0.135. The highest BCUT2D eigenvalue weighted by Gasteiger charge is 2.26. The molecule has 1 aromatic rings. The molecule has 0 radical (unpaired) electrons. The largest absolute Gasteiger partial charge is 0.382 e. The van der Waals surface area contributed by atoms with E-state index < -0.39 is 6.04 Å². The Kier molecular flexibility index (Phi) is 6.95. The van der Waals surface area contributed by atoms with Crippen molar-refractivity contribution in [2.24, 2.45) is 5.73 Å². The van der Waals surface area contributed by atoms with Crippen LogP contribution in [0.25, 0.3) is 0 Å². The Morgan fingerprint density at radius 1 is 1.30 bits per heavy atom. The summed E-state index contributed by atoms with van der Waals surface area (Å²) in [4.78, 5) is 14.2. The monoisotopic (exact) mass is 324 g/mol. The topological polar surface area (TPSA) is 64.8 Å². The van der Waals surface area contributed by atoms with Gasteiger partial charge in [-0.3, -0.25) is 4.79 Å². The molecular formula is C17H25FN2O3. The minimum atomic E-state index is -0.591. The molecule has 5 nitrogen and oxygen atoms in total. The Balaban J connectivity index is 1.76. The number of nitrogens with zero attached hydrogens (tertiary/aromatic N) is 1.